The van der Waals surface area contributed by atoms with Crippen LogP contribution < -0.4 is 10.5 Å². The van der Waals surface area contributed by atoms with Gasteiger partial charge in [0, 0.05) is 6.54 Å². The number of ether oxygens (including phenoxy) is 1. The summed E-state index contributed by atoms with van der Waals surface area (Å²) in [7, 11) is 0. The monoisotopic (exact) mass is 272 g/mol. The zero-order valence-corrected chi connectivity index (χ0v) is 9.77. The molecule has 2 aromatic rings. The molecule has 74 valence electrons. The number of nitrogens with zero attached hydrogens (tertiary/aromatic N) is 1. The van der Waals surface area contributed by atoms with E-state index in [0.29, 0.717) is 13.2 Å². The second-order valence-corrected chi connectivity index (χ2v) is 5.04. The summed E-state index contributed by atoms with van der Waals surface area (Å²) in [5.74, 6) is 0.846. The Labute approximate surface area is 94.0 Å². The third-order valence-corrected chi connectivity index (χ3v) is 3.19. The van der Waals surface area contributed by atoms with Gasteiger partial charge in [0.1, 0.15) is 12.4 Å². The minimum atomic E-state index is 0.532. The summed E-state index contributed by atoms with van der Waals surface area (Å²) in [5, 5.41) is 0. The smallest absolute Gasteiger partial charge is 0.160 e. The summed E-state index contributed by atoms with van der Waals surface area (Å²) in [6.07, 6.45) is 0. The third kappa shape index (κ3) is 2.05. The molecular weight excluding hydrogens is 264 g/mol. The molecule has 1 aromatic carbocycles. The van der Waals surface area contributed by atoms with Gasteiger partial charge in [-0.1, -0.05) is 0 Å². The van der Waals surface area contributed by atoms with Crippen LogP contribution >= 0.6 is 27.3 Å². The molecule has 0 aliphatic carbocycles. The molecule has 0 amide bonds. The minimum absolute atomic E-state index is 0.532. The SMILES string of the molecule is NCCOc1ccc2nc(Br)sc2c1. The standard InChI is InChI=1S/C9H9BrN2OS/c10-9-12-7-2-1-6(13-4-3-11)5-8(7)14-9/h1-2,5H,3-4,11H2. The number of thiazole rings is 1. The molecule has 0 aliphatic heterocycles. The topological polar surface area (TPSA) is 48.1 Å². The van der Waals surface area contributed by atoms with Gasteiger partial charge >= 0.3 is 0 Å². The summed E-state index contributed by atoms with van der Waals surface area (Å²) < 4.78 is 7.42. The van der Waals surface area contributed by atoms with Crippen LogP contribution in [-0.4, -0.2) is 18.1 Å². The van der Waals surface area contributed by atoms with Gasteiger partial charge in [0.2, 0.25) is 0 Å². The van der Waals surface area contributed by atoms with E-state index in [2.05, 4.69) is 20.9 Å². The summed E-state index contributed by atoms with van der Waals surface area (Å²) in [6, 6.07) is 5.83. The molecular formula is C9H9BrN2OS. The van der Waals surface area contributed by atoms with Crippen LogP contribution in [0, 0.1) is 0 Å². The van der Waals surface area contributed by atoms with Gasteiger partial charge in [-0.25, -0.2) is 4.98 Å². The van der Waals surface area contributed by atoms with Gasteiger partial charge < -0.3 is 10.5 Å². The van der Waals surface area contributed by atoms with Gasteiger partial charge in [0.25, 0.3) is 0 Å². The van der Waals surface area contributed by atoms with E-state index in [1.54, 1.807) is 11.3 Å². The summed E-state index contributed by atoms with van der Waals surface area (Å²) >= 11 is 4.94. The van der Waals surface area contributed by atoms with Crippen LogP contribution in [0.25, 0.3) is 10.2 Å². The fraction of sp³-hybridized carbons (Fsp3) is 0.222. The minimum Gasteiger partial charge on any atom is -0.492 e. The number of hydrogen-bond acceptors (Lipinski definition) is 4. The lowest BCUT2D eigenvalue weighted by atomic mass is 10.3. The quantitative estimate of drug-likeness (QED) is 0.934. The summed E-state index contributed by atoms with van der Waals surface area (Å²) in [6.45, 7) is 1.08. The summed E-state index contributed by atoms with van der Waals surface area (Å²) in [4.78, 5) is 4.29. The highest BCUT2D eigenvalue weighted by Crippen LogP contribution is 2.28. The van der Waals surface area contributed by atoms with Crippen molar-refractivity contribution >= 4 is 37.5 Å². The number of halogens is 1. The highest BCUT2D eigenvalue weighted by molar-refractivity contribution is 9.11. The number of aromatic nitrogens is 1. The maximum atomic E-state index is 5.41. The Morgan fingerprint density at radius 1 is 1.50 bits per heavy atom. The normalized spacial score (nSPS) is 10.7. The van der Waals surface area contributed by atoms with E-state index in [4.69, 9.17) is 10.5 Å². The lowest BCUT2D eigenvalue weighted by molar-refractivity contribution is 0.329. The van der Waals surface area contributed by atoms with E-state index >= 15 is 0 Å². The molecule has 0 atom stereocenters. The number of nitrogens with two attached hydrogens (primary N) is 1. The molecule has 3 nitrogen and oxygen atoms in total. The van der Waals surface area contributed by atoms with Crippen LogP contribution in [0.1, 0.15) is 0 Å². The predicted molar refractivity (Wildman–Crippen MR) is 61.9 cm³/mol. The van der Waals surface area contributed by atoms with E-state index in [0.717, 1.165) is 19.9 Å². The maximum Gasteiger partial charge on any atom is 0.160 e. The molecule has 5 heteroatoms. The average Bonchev–Trinajstić information content (AvgIpc) is 2.54. The van der Waals surface area contributed by atoms with Gasteiger partial charge in [0.15, 0.2) is 3.92 Å². The molecule has 1 aromatic heterocycles. The molecule has 0 spiro atoms. The van der Waals surface area contributed by atoms with Crippen LogP contribution in [0.4, 0.5) is 0 Å². The first-order valence-corrected chi connectivity index (χ1v) is 5.79. The van der Waals surface area contributed by atoms with Crippen molar-refractivity contribution in [3.63, 3.8) is 0 Å². The molecule has 0 aliphatic rings. The van der Waals surface area contributed by atoms with Crippen molar-refractivity contribution in [1.82, 2.24) is 4.98 Å². The lowest BCUT2D eigenvalue weighted by Gasteiger charge is -2.02. The van der Waals surface area contributed by atoms with Crippen molar-refractivity contribution in [2.75, 3.05) is 13.2 Å². The molecule has 0 fully saturated rings. The average molecular weight is 273 g/mol. The Bertz CT molecular complexity index is 443. The number of rotatable bonds is 3. The Balaban J connectivity index is 2.31. The van der Waals surface area contributed by atoms with Gasteiger partial charge in [0.05, 0.1) is 10.2 Å². The second kappa shape index (κ2) is 4.25. The Morgan fingerprint density at radius 3 is 3.14 bits per heavy atom. The van der Waals surface area contributed by atoms with Crippen LogP contribution in [0.5, 0.6) is 5.75 Å². The van der Waals surface area contributed by atoms with E-state index in [1.165, 1.54) is 0 Å². The first-order chi connectivity index (χ1) is 6.79. The van der Waals surface area contributed by atoms with Gasteiger partial charge in [-0.05, 0) is 34.1 Å². The highest BCUT2D eigenvalue weighted by Gasteiger charge is 2.02. The third-order valence-electron chi connectivity index (χ3n) is 1.72. The van der Waals surface area contributed by atoms with Crippen LogP contribution in [0.2, 0.25) is 0 Å². The first kappa shape index (κ1) is 9.89. The molecule has 0 radical (unpaired) electrons. The molecule has 0 saturated heterocycles. The predicted octanol–water partition coefficient (Wildman–Crippen LogP) is 2.40. The van der Waals surface area contributed by atoms with Crippen molar-refractivity contribution in [1.29, 1.82) is 0 Å². The van der Waals surface area contributed by atoms with Crippen LogP contribution in [-0.2, 0) is 0 Å². The zero-order valence-electron chi connectivity index (χ0n) is 7.37. The fourth-order valence-corrected chi connectivity index (χ4v) is 2.58. The number of fused-ring (bicyclic) bond motifs is 1. The molecule has 2 rings (SSSR count). The van der Waals surface area contributed by atoms with Gasteiger partial charge in [-0.15, -0.1) is 11.3 Å². The number of hydrogen-bond donors (Lipinski definition) is 1. The molecule has 0 bridgehead atoms. The van der Waals surface area contributed by atoms with Crippen LogP contribution in [0.15, 0.2) is 22.1 Å². The second-order valence-electron chi connectivity index (χ2n) is 2.73. The van der Waals surface area contributed by atoms with Gasteiger partial charge in [-0.3, -0.25) is 0 Å². The fourth-order valence-electron chi connectivity index (χ4n) is 1.14. The van der Waals surface area contributed by atoms with Crippen LogP contribution in [0.3, 0.4) is 0 Å². The molecule has 2 N–H and O–H groups in total. The van der Waals surface area contributed by atoms with Crippen molar-refractivity contribution in [2.24, 2.45) is 5.73 Å². The molecule has 0 saturated carbocycles. The van der Waals surface area contributed by atoms with E-state index in [-0.39, 0.29) is 0 Å². The molecule has 1 heterocycles. The molecule has 14 heavy (non-hydrogen) atoms. The molecule has 0 unspecified atom stereocenters. The van der Waals surface area contributed by atoms with Crippen molar-refractivity contribution in [3.05, 3.63) is 22.1 Å². The lowest BCUT2D eigenvalue weighted by Crippen LogP contribution is -2.10. The Morgan fingerprint density at radius 2 is 2.36 bits per heavy atom. The van der Waals surface area contributed by atoms with Gasteiger partial charge in [-0.2, -0.15) is 0 Å². The Kier molecular flexibility index (Phi) is 3.00. The first-order valence-electron chi connectivity index (χ1n) is 4.18. The van der Waals surface area contributed by atoms with Crippen molar-refractivity contribution in [2.45, 2.75) is 0 Å². The Hall–Kier alpha value is -0.650. The number of benzene rings is 1. The van der Waals surface area contributed by atoms with E-state index < -0.39 is 0 Å². The summed E-state index contributed by atoms with van der Waals surface area (Å²) in [5.41, 5.74) is 6.34. The van der Waals surface area contributed by atoms with E-state index in [9.17, 15) is 0 Å². The largest absolute Gasteiger partial charge is 0.492 e. The van der Waals surface area contributed by atoms with E-state index in [1.807, 2.05) is 18.2 Å². The van der Waals surface area contributed by atoms with Crippen molar-refractivity contribution < 1.29 is 4.74 Å². The highest BCUT2D eigenvalue weighted by atomic mass is 79.9. The van der Waals surface area contributed by atoms with Crippen molar-refractivity contribution in [3.8, 4) is 5.75 Å². The zero-order chi connectivity index (χ0) is 9.97. The maximum absolute atomic E-state index is 5.41.